The van der Waals surface area contributed by atoms with E-state index in [1.54, 1.807) is 12.1 Å². The van der Waals surface area contributed by atoms with E-state index in [0.29, 0.717) is 12.6 Å². The first-order valence-electron chi connectivity index (χ1n) is 6.70. The Morgan fingerprint density at radius 3 is 2.85 bits per heavy atom. The molecule has 6 heteroatoms. The predicted octanol–water partition coefficient (Wildman–Crippen LogP) is 2.77. The molecule has 1 fully saturated rings. The summed E-state index contributed by atoms with van der Waals surface area (Å²) in [6.45, 7) is 2.50. The number of halogens is 3. The Balaban J connectivity index is 1.82. The maximum atomic E-state index is 12.1. The first-order chi connectivity index (χ1) is 9.44. The molecule has 0 radical (unpaired) electrons. The van der Waals surface area contributed by atoms with Crippen LogP contribution < -0.4 is 10.1 Å². The van der Waals surface area contributed by atoms with Crippen LogP contribution in [0.5, 0.6) is 5.75 Å². The van der Waals surface area contributed by atoms with Gasteiger partial charge in [-0.2, -0.15) is 0 Å². The van der Waals surface area contributed by atoms with E-state index in [0.717, 1.165) is 18.7 Å². The van der Waals surface area contributed by atoms with E-state index in [-0.39, 0.29) is 5.75 Å². The minimum absolute atomic E-state index is 0.171. The summed E-state index contributed by atoms with van der Waals surface area (Å²) in [5, 5.41) is 3.29. The molecule has 3 nitrogen and oxygen atoms in total. The molecule has 1 unspecified atom stereocenters. The highest BCUT2D eigenvalue weighted by Crippen LogP contribution is 2.23. The highest BCUT2D eigenvalue weighted by molar-refractivity contribution is 5.28. The molecule has 0 saturated carbocycles. The van der Waals surface area contributed by atoms with Gasteiger partial charge in [-0.15, -0.1) is 13.2 Å². The molecule has 1 saturated heterocycles. The van der Waals surface area contributed by atoms with Crippen LogP contribution in [0, 0.1) is 0 Å². The number of likely N-dealkylation sites (tertiary alicyclic amines) is 1. The molecule has 0 aliphatic carbocycles. The number of hydrogen-bond acceptors (Lipinski definition) is 3. The van der Waals surface area contributed by atoms with Gasteiger partial charge >= 0.3 is 6.36 Å². The molecule has 1 heterocycles. The molecule has 0 bridgehead atoms. The molecule has 0 spiro atoms. The first kappa shape index (κ1) is 15.1. The van der Waals surface area contributed by atoms with Crippen LogP contribution in [0.3, 0.4) is 0 Å². The van der Waals surface area contributed by atoms with Crippen molar-refractivity contribution in [2.75, 3.05) is 20.1 Å². The van der Waals surface area contributed by atoms with Gasteiger partial charge in [0.25, 0.3) is 0 Å². The number of rotatable bonds is 5. The number of ether oxygens (including phenoxy) is 1. The number of alkyl halides is 3. The van der Waals surface area contributed by atoms with Crippen molar-refractivity contribution in [2.45, 2.75) is 31.8 Å². The molecule has 0 aromatic heterocycles. The maximum absolute atomic E-state index is 12.1. The Kier molecular flexibility index (Phi) is 4.88. The van der Waals surface area contributed by atoms with E-state index in [2.05, 4.69) is 22.0 Å². The van der Waals surface area contributed by atoms with Gasteiger partial charge in [-0.3, -0.25) is 0 Å². The van der Waals surface area contributed by atoms with Crippen molar-refractivity contribution in [1.29, 1.82) is 0 Å². The summed E-state index contributed by atoms with van der Waals surface area (Å²) in [5.41, 5.74) is 0.785. The third-order valence-corrected chi connectivity index (χ3v) is 3.51. The van der Waals surface area contributed by atoms with Crippen molar-refractivity contribution in [2.24, 2.45) is 0 Å². The Hall–Kier alpha value is -1.27. The largest absolute Gasteiger partial charge is 0.573 e. The van der Waals surface area contributed by atoms with Crippen LogP contribution >= 0.6 is 0 Å². The predicted molar refractivity (Wildman–Crippen MR) is 70.5 cm³/mol. The molecule has 1 aliphatic heterocycles. The molecule has 2 rings (SSSR count). The monoisotopic (exact) mass is 288 g/mol. The fraction of sp³-hybridized carbons (Fsp3) is 0.571. The lowest BCUT2D eigenvalue weighted by atomic mass is 10.2. The highest BCUT2D eigenvalue weighted by Gasteiger charge is 2.31. The molecule has 1 aromatic rings. The van der Waals surface area contributed by atoms with Crippen LogP contribution in [0.25, 0.3) is 0 Å². The van der Waals surface area contributed by atoms with Crippen molar-refractivity contribution in [3.05, 3.63) is 29.8 Å². The van der Waals surface area contributed by atoms with Crippen LogP contribution in [0.15, 0.2) is 24.3 Å². The Labute approximate surface area is 116 Å². The third kappa shape index (κ3) is 4.68. The first-order valence-corrected chi connectivity index (χ1v) is 6.70. The second-order valence-corrected chi connectivity index (χ2v) is 5.10. The lowest BCUT2D eigenvalue weighted by Gasteiger charge is -2.19. The SMILES string of the molecule is CN1CCCC1CNCc1cccc(OC(F)(F)F)c1. The summed E-state index contributed by atoms with van der Waals surface area (Å²) in [6.07, 6.45) is -2.27. The van der Waals surface area contributed by atoms with Gasteiger partial charge in [-0.1, -0.05) is 12.1 Å². The fourth-order valence-electron chi connectivity index (χ4n) is 2.47. The zero-order valence-corrected chi connectivity index (χ0v) is 11.4. The standard InChI is InChI=1S/C14H19F3N2O/c1-19-7-3-5-12(19)10-18-9-11-4-2-6-13(8-11)20-14(15,16)17/h2,4,6,8,12,18H,3,5,7,9-10H2,1H3. The van der Waals surface area contributed by atoms with Crippen LogP contribution in [0.2, 0.25) is 0 Å². The van der Waals surface area contributed by atoms with Gasteiger partial charge in [0.2, 0.25) is 0 Å². The van der Waals surface area contributed by atoms with Gasteiger partial charge in [0, 0.05) is 19.1 Å². The van der Waals surface area contributed by atoms with Gasteiger partial charge in [0.05, 0.1) is 0 Å². The zero-order valence-electron chi connectivity index (χ0n) is 11.4. The van der Waals surface area contributed by atoms with Crippen LogP contribution in [0.4, 0.5) is 13.2 Å². The van der Waals surface area contributed by atoms with E-state index in [9.17, 15) is 13.2 Å². The van der Waals surface area contributed by atoms with Crippen molar-refractivity contribution >= 4 is 0 Å². The van der Waals surface area contributed by atoms with E-state index in [1.807, 2.05) is 0 Å². The lowest BCUT2D eigenvalue weighted by Crippen LogP contribution is -2.35. The minimum Gasteiger partial charge on any atom is -0.406 e. The Morgan fingerprint density at radius 2 is 2.20 bits per heavy atom. The average molecular weight is 288 g/mol. The average Bonchev–Trinajstić information content (AvgIpc) is 2.73. The van der Waals surface area contributed by atoms with Gasteiger partial charge in [0.1, 0.15) is 5.75 Å². The number of nitrogens with zero attached hydrogens (tertiary/aromatic N) is 1. The third-order valence-electron chi connectivity index (χ3n) is 3.51. The quantitative estimate of drug-likeness (QED) is 0.901. The van der Waals surface area contributed by atoms with Crippen LogP contribution in [-0.2, 0) is 6.54 Å². The molecule has 1 aromatic carbocycles. The summed E-state index contributed by atoms with van der Waals surface area (Å²) >= 11 is 0. The van der Waals surface area contributed by atoms with E-state index in [1.165, 1.54) is 25.0 Å². The normalized spacial score (nSPS) is 20.3. The van der Waals surface area contributed by atoms with Gasteiger partial charge in [-0.05, 0) is 44.1 Å². The summed E-state index contributed by atoms with van der Waals surface area (Å²) in [6, 6.07) is 6.60. The number of likely N-dealkylation sites (N-methyl/N-ethyl adjacent to an activating group) is 1. The van der Waals surface area contributed by atoms with Gasteiger partial charge in [-0.25, -0.2) is 0 Å². The Morgan fingerprint density at radius 1 is 1.40 bits per heavy atom. The zero-order chi connectivity index (χ0) is 14.6. The molecule has 1 N–H and O–H groups in total. The summed E-state index contributed by atoms with van der Waals surface area (Å²) in [7, 11) is 2.09. The van der Waals surface area contributed by atoms with E-state index in [4.69, 9.17) is 0 Å². The fourth-order valence-corrected chi connectivity index (χ4v) is 2.47. The lowest BCUT2D eigenvalue weighted by molar-refractivity contribution is -0.274. The van der Waals surface area contributed by atoms with Crippen molar-refractivity contribution in [3.8, 4) is 5.75 Å². The molecule has 112 valence electrons. The number of benzene rings is 1. The summed E-state index contributed by atoms with van der Waals surface area (Å²) in [5.74, 6) is -0.171. The summed E-state index contributed by atoms with van der Waals surface area (Å²) in [4.78, 5) is 2.30. The number of hydrogen-bond donors (Lipinski definition) is 1. The minimum atomic E-state index is -4.64. The van der Waals surface area contributed by atoms with Gasteiger partial charge < -0.3 is 15.0 Å². The topological polar surface area (TPSA) is 24.5 Å². The van der Waals surface area contributed by atoms with Gasteiger partial charge in [0.15, 0.2) is 0 Å². The molecular weight excluding hydrogens is 269 g/mol. The second-order valence-electron chi connectivity index (χ2n) is 5.10. The van der Waals surface area contributed by atoms with Crippen LogP contribution in [-0.4, -0.2) is 37.4 Å². The maximum Gasteiger partial charge on any atom is 0.573 e. The highest BCUT2D eigenvalue weighted by atomic mass is 19.4. The molecule has 0 amide bonds. The smallest absolute Gasteiger partial charge is 0.406 e. The molecule has 1 atom stereocenters. The van der Waals surface area contributed by atoms with Crippen LogP contribution in [0.1, 0.15) is 18.4 Å². The van der Waals surface area contributed by atoms with E-state index >= 15 is 0 Å². The Bertz CT molecular complexity index is 437. The molecule has 1 aliphatic rings. The van der Waals surface area contributed by atoms with E-state index < -0.39 is 6.36 Å². The van der Waals surface area contributed by atoms with Crippen molar-refractivity contribution < 1.29 is 17.9 Å². The number of nitrogens with one attached hydrogen (secondary N) is 1. The molecular formula is C14H19F3N2O. The second kappa shape index (κ2) is 6.45. The molecule has 20 heavy (non-hydrogen) atoms. The summed E-state index contributed by atoms with van der Waals surface area (Å²) < 4.78 is 40.3. The van der Waals surface area contributed by atoms with Crippen molar-refractivity contribution in [3.63, 3.8) is 0 Å². The van der Waals surface area contributed by atoms with Crippen molar-refractivity contribution in [1.82, 2.24) is 10.2 Å².